The fourth-order valence-electron chi connectivity index (χ4n) is 11.2. The highest BCUT2D eigenvalue weighted by Gasteiger charge is 2.39. The molecule has 0 amide bonds. The average molecular weight is 874 g/mol. The van der Waals surface area contributed by atoms with Crippen LogP contribution in [0.4, 0.5) is 34.1 Å². The van der Waals surface area contributed by atoms with Crippen LogP contribution in [0.2, 0.25) is 0 Å². The number of aromatic nitrogens is 1. The molecule has 5 unspecified atom stereocenters. The van der Waals surface area contributed by atoms with Crippen LogP contribution in [0.15, 0.2) is 228 Å². The molecule has 3 heterocycles. The summed E-state index contributed by atoms with van der Waals surface area (Å²) < 4.78 is 2.46. The molecule has 1 aromatic heterocycles. The van der Waals surface area contributed by atoms with Crippen LogP contribution in [0.25, 0.3) is 27.5 Å². The van der Waals surface area contributed by atoms with Crippen LogP contribution < -0.4 is 9.80 Å². The number of hydrogen-bond acceptors (Lipinski definition) is 4. The summed E-state index contributed by atoms with van der Waals surface area (Å²) in [6, 6.07) is 72.3. The molecule has 0 saturated heterocycles. The minimum Gasteiger partial charge on any atom is -0.310 e. The first-order valence-electron chi connectivity index (χ1n) is 23.1. The van der Waals surface area contributed by atoms with Gasteiger partial charge in [0.05, 0.1) is 11.0 Å². The minimum absolute atomic E-state index is 0.394. The summed E-state index contributed by atoms with van der Waals surface area (Å²) in [6.07, 6.45) is 12.7. The van der Waals surface area contributed by atoms with Crippen LogP contribution in [-0.2, 0) is 0 Å². The van der Waals surface area contributed by atoms with Crippen molar-refractivity contribution in [3.8, 4) is 5.69 Å². The molecule has 0 spiro atoms. The van der Waals surface area contributed by atoms with Gasteiger partial charge in [-0.3, -0.25) is 0 Å². The Balaban J connectivity index is 0.863. The number of fused-ring (bicyclic) bond motifs is 9. The summed E-state index contributed by atoms with van der Waals surface area (Å²) in [6.45, 7) is 0. The molecule has 2 aliphatic heterocycles. The molecule has 9 aromatic rings. The molecule has 0 radical (unpaired) electrons. The van der Waals surface area contributed by atoms with Gasteiger partial charge in [-0.15, -0.1) is 23.5 Å². The molecule has 1 fully saturated rings. The summed E-state index contributed by atoms with van der Waals surface area (Å²) in [5, 5.41) is 3.70. The Kier molecular flexibility index (Phi) is 9.60. The largest absolute Gasteiger partial charge is 0.310 e. The number of nitrogens with zero attached hydrogens (tertiary/aromatic N) is 3. The number of benzene rings is 8. The van der Waals surface area contributed by atoms with E-state index in [-0.39, 0.29) is 0 Å². The van der Waals surface area contributed by atoms with Gasteiger partial charge in [0.1, 0.15) is 0 Å². The molecule has 1 saturated carbocycles. The third-order valence-corrected chi connectivity index (χ3v) is 17.1. The zero-order chi connectivity index (χ0) is 42.8. The number of para-hydroxylation sites is 4. The molecular formula is C60H47N3S2. The van der Waals surface area contributed by atoms with Gasteiger partial charge in [0, 0.05) is 76.8 Å². The third kappa shape index (κ3) is 6.75. The summed E-state index contributed by atoms with van der Waals surface area (Å²) >= 11 is 4.10. The highest BCUT2D eigenvalue weighted by atomic mass is 32.2. The second kappa shape index (κ2) is 16.1. The first-order chi connectivity index (χ1) is 32.2. The van der Waals surface area contributed by atoms with E-state index in [2.05, 4.69) is 245 Å². The van der Waals surface area contributed by atoms with E-state index >= 15 is 0 Å². The van der Waals surface area contributed by atoms with Gasteiger partial charge >= 0.3 is 0 Å². The summed E-state index contributed by atoms with van der Waals surface area (Å²) in [5.41, 5.74) is 15.1. The molecule has 0 N–H and O–H groups in total. The van der Waals surface area contributed by atoms with E-state index in [1.165, 1.54) is 78.2 Å². The molecule has 2 aliphatic carbocycles. The molecule has 65 heavy (non-hydrogen) atoms. The molecule has 4 aliphatic rings. The van der Waals surface area contributed by atoms with Gasteiger partial charge < -0.3 is 14.4 Å². The second-order valence-corrected chi connectivity index (χ2v) is 20.4. The lowest BCUT2D eigenvalue weighted by molar-refractivity contribution is 0.409. The standard InChI is InChI=1S/C60H47N3S2/c1-4-15-42(16-5-1)61(47-29-33-59-53(38-47)51-24-11-13-26-57(51)64-59)45-21-14-22-46(37-45)62(43-17-6-2-7-18-43)48-30-34-60-54(39-48)52-35-40(28-32-58(52)65-60)41-27-31-50-49-23-10-12-25-55(49)63(56(50)36-41)44-19-8-3-9-20-44/h1-27,29-31,33-34,36-40,51-52,57-58H,28,32,35H2. The van der Waals surface area contributed by atoms with E-state index in [0.717, 1.165) is 29.2 Å². The predicted octanol–water partition coefficient (Wildman–Crippen LogP) is 16.9. The Hall–Kier alpha value is -6.66. The quantitative estimate of drug-likeness (QED) is 0.151. The highest BCUT2D eigenvalue weighted by Crippen LogP contribution is 2.57. The lowest BCUT2D eigenvalue weighted by Gasteiger charge is -2.33. The van der Waals surface area contributed by atoms with Crippen molar-refractivity contribution in [1.82, 2.24) is 4.57 Å². The molecular weight excluding hydrogens is 827 g/mol. The van der Waals surface area contributed by atoms with Crippen LogP contribution >= 0.6 is 23.5 Å². The van der Waals surface area contributed by atoms with Crippen molar-refractivity contribution < 1.29 is 0 Å². The fraction of sp³-hybridized carbons (Fsp3) is 0.133. The Morgan fingerprint density at radius 2 is 1.05 bits per heavy atom. The van der Waals surface area contributed by atoms with Crippen LogP contribution in [0.5, 0.6) is 0 Å². The zero-order valence-electron chi connectivity index (χ0n) is 36.0. The van der Waals surface area contributed by atoms with Gasteiger partial charge in [-0.1, -0.05) is 115 Å². The van der Waals surface area contributed by atoms with E-state index in [1.54, 1.807) is 0 Å². The van der Waals surface area contributed by atoms with Gasteiger partial charge in [0.15, 0.2) is 0 Å². The number of rotatable bonds is 8. The normalized spacial score (nSPS) is 20.3. The maximum atomic E-state index is 2.53. The predicted molar refractivity (Wildman–Crippen MR) is 276 cm³/mol. The Morgan fingerprint density at radius 1 is 0.446 bits per heavy atom. The van der Waals surface area contributed by atoms with E-state index in [4.69, 9.17) is 0 Å². The van der Waals surface area contributed by atoms with Gasteiger partial charge in [-0.05, 0) is 151 Å². The molecule has 13 rings (SSSR count). The van der Waals surface area contributed by atoms with Crippen molar-refractivity contribution in [2.24, 2.45) is 0 Å². The fourth-order valence-corrected chi connectivity index (χ4v) is 14.1. The molecule has 0 bridgehead atoms. The van der Waals surface area contributed by atoms with Crippen LogP contribution in [0, 0.1) is 0 Å². The third-order valence-electron chi connectivity index (χ3n) is 14.2. The molecule has 314 valence electrons. The van der Waals surface area contributed by atoms with Crippen molar-refractivity contribution in [2.75, 3.05) is 9.80 Å². The first-order valence-corrected chi connectivity index (χ1v) is 24.8. The summed E-state index contributed by atoms with van der Waals surface area (Å²) in [7, 11) is 0. The number of anilines is 6. The van der Waals surface area contributed by atoms with E-state index in [1.807, 2.05) is 11.8 Å². The number of thioether (sulfide) groups is 2. The monoisotopic (exact) mass is 873 g/mol. The highest BCUT2D eigenvalue weighted by molar-refractivity contribution is 8.00. The van der Waals surface area contributed by atoms with Crippen LogP contribution in [0.1, 0.15) is 53.7 Å². The van der Waals surface area contributed by atoms with E-state index < -0.39 is 0 Å². The summed E-state index contributed by atoms with van der Waals surface area (Å²) in [4.78, 5) is 7.72. The lowest BCUT2D eigenvalue weighted by Crippen LogP contribution is -2.21. The lowest BCUT2D eigenvalue weighted by atomic mass is 9.75. The zero-order valence-corrected chi connectivity index (χ0v) is 37.6. The van der Waals surface area contributed by atoms with Crippen LogP contribution in [0.3, 0.4) is 0 Å². The maximum absolute atomic E-state index is 2.53. The van der Waals surface area contributed by atoms with Crippen molar-refractivity contribution >= 4 is 79.5 Å². The average Bonchev–Trinajstić information content (AvgIpc) is 4.04. The van der Waals surface area contributed by atoms with Gasteiger partial charge in [0.25, 0.3) is 0 Å². The molecule has 3 nitrogen and oxygen atoms in total. The summed E-state index contributed by atoms with van der Waals surface area (Å²) in [5.74, 6) is 1.39. The van der Waals surface area contributed by atoms with Crippen molar-refractivity contribution in [2.45, 2.75) is 57.3 Å². The van der Waals surface area contributed by atoms with E-state index in [0.29, 0.717) is 28.3 Å². The number of hydrogen-bond donors (Lipinski definition) is 0. The molecule has 5 atom stereocenters. The van der Waals surface area contributed by atoms with E-state index in [9.17, 15) is 0 Å². The number of allylic oxidation sites excluding steroid dienone is 3. The topological polar surface area (TPSA) is 11.4 Å². The van der Waals surface area contributed by atoms with Crippen LogP contribution in [-0.4, -0.2) is 15.1 Å². The maximum Gasteiger partial charge on any atom is 0.0543 e. The van der Waals surface area contributed by atoms with Crippen molar-refractivity contribution in [3.63, 3.8) is 0 Å². The Labute approximate surface area is 389 Å². The van der Waals surface area contributed by atoms with Gasteiger partial charge in [-0.2, -0.15) is 0 Å². The molecule has 8 aromatic carbocycles. The minimum atomic E-state index is 0.394. The second-order valence-electron chi connectivity index (χ2n) is 17.9. The van der Waals surface area contributed by atoms with Gasteiger partial charge in [0.2, 0.25) is 0 Å². The first kappa shape index (κ1) is 38.8. The van der Waals surface area contributed by atoms with Crippen molar-refractivity contribution in [1.29, 1.82) is 0 Å². The smallest absolute Gasteiger partial charge is 0.0543 e. The van der Waals surface area contributed by atoms with Gasteiger partial charge in [-0.25, -0.2) is 0 Å². The molecule has 5 heteroatoms. The SMILES string of the molecule is C1=CC2Sc3ccc(N(c4ccccc4)c4cccc(N(c5ccccc5)c5ccc6c(c5)C5CC(c7ccc8c9ccccc9n(-c9ccccc9)c8c7)CCC5S6)c4)cc3C2C=C1. The Bertz CT molecular complexity index is 3300. The Morgan fingerprint density at radius 3 is 1.78 bits per heavy atom. The van der Waals surface area contributed by atoms with Crippen molar-refractivity contribution in [3.05, 3.63) is 235 Å².